The SMILES string of the molecule is CC(C)(C)OC(=O)N1CCC(C)(c2ccc(C(=O)O)cc2)CC1. The minimum Gasteiger partial charge on any atom is -0.478 e. The van der Waals surface area contributed by atoms with Gasteiger partial charge in [0.2, 0.25) is 0 Å². The standard InChI is InChI=1S/C18H25NO4/c1-17(2,3)23-16(22)19-11-9-18(4,10-12-19)14-7-5-13(6-8-14)15(20)21/h5-8H,9-12H2,1-4H3,(H,20,21). The molecule has 0 bridgehead atoms. The lowest BCUT2D eigenvalue weighted by Crippen LogP contribution is -2.45. The van der Waals surface area contributed by atoms with E-state index in [4.69, 9.17) is 9.84 Å². The van der Waals surface area contributed by atoms with Crippen molar-refractivity contribution < 1.29 is 19.4 Å². The fourth-order valence-electron chi connectivity index (χ4n) is 2.81. The molecule has 0 aromatic heterocycles. The number of nitrogens with zero attached hydrogens (tertiary/aromatic N) is 1. The van der Waals surface area contributed by atoms with E-state index in [9.17, 15) is 9.59 Å². The van der Waals surface area contributed by atoms with Crippen LogP contribution in [0.25, 0.3) is 0 Å². The van der Waals surface area contributed by atoms with Crippen LogP contribution >= 0.6 is 0 Å². The number of ether oxygens (including phenoxy) is 1. The van der Waals surface area contributed by atoms with Gasteiger partial charge in [0.05, 0.1) is 5.56 Å². The van der Waals surface area contributed by atoms with Gasteiger partial charge in [0, 0.05) is 13.1 Å². The van der Waals surface area contributed by atoms with Crippen molar-refractivity contribution in [3.05, 3.63) is 35.4 Å². The Morgan fingerprint density at radius 3 is 2.09 bits per heavy atom. The van der Waals surface area contributed by atoms with Crippen molar-refractivity contribution in [3.63, 3.8) is 0 Å². The van der Waals surface area contributed by atoms with Crippen LogP contribution < -0.4 is 0 Å². The number of rotatable bonds is 2. The third kappa shape index (κ3) is 4.24. The van der Waals surface area contributed by atoms with Gasteiger partial charge < -0.3 is 14.7 Å². The highest BCUT2D eigenvalue weighted by atomic mass is 16.6. The first-order valence-electron chi connectivity index (χ1n) is 7.92. The summed E-state index contributed by atoms with van der Waals surface area (Å²) in [5, 5.41) is 8.98. The zero-order valence-electron chi connectivity index (χ0n) is 14.3. The van der Waals surface area contributed by atoms with Crippen molar-refractivity contribution >= 4 is 12.1 Å². The number of hydrogen-bond acceptors (Lipinski definition) is 3. The van der Waals surface area contributed by atoms with Crippen LogP contribution in [-0.2, 0) is 10.2 Å². The number of hydrogen-bond donors (Lipinski definition) is 1. The van der Waals surface area contributed by atoms with Crippen LogP contribution in [0.15, 0.2) is 24.3 Å². The molecule has 1 aliphatic rings. The lowest BCUT2D eigenvalue weighted by atomic mass is 9.74. The third-order valence-electron chi connectivity index (χ3n) is 4.35. The molecule has 2 rings (SSSR count). The number of likely N-dealkylation sites (tertiary alicyclic amines) is 1. The molecule has 0 spiro atoms. The second-order valence-corrected chi connectivity index (χ2v) is 7.41. The molecule has 1 heterocycles. The van der Waals surface area contributed by atoms with E-state index in [1.807, 2.05) is 32.9 Å². The van der Waals surface area contributed by atoms with Crippen LogP contribution in [0.2, 0.25) is 0 Å². The Morgan fingerprint density at radius 2 is 1.65 bits per heavy atom. The van der Waals surface area contributed by atoms with Crippen LogP contribution in [0.5, 0.6) is 0 Å². The highest BCUT2D eigenvalue weighted by Gasteiger charge is 2.34. The van der Waals surface area contributed by atoms with Crippen molar-refractivity contribution in [2.24, 2.45) is 0 Å². The van der Waals surface area contributed by atoms with Gasteiger partial charge in [-0.25, -0.2) is 9.59 Å². The topological polar surface area (TPSA) is 66.8 Å². The van der Waals surface area contributed by atoms with E-state index in [2.05, 4.69) is 6.92 Å². The molecule has 1 aromatic rings. The average molecular weight is 319 g/mol. The molecular formula is C18H25NO4. The third-order valence-corrected chi connectivity index (χ3v) is 4.35. The molecule has 0 saturated carbocycles. The molecule has 23 heavy (non-hydrogen) atoms. The molecule has 0 atom stereocenters. The van der Waals surface area contributed by atoms with Gasteiger partial charge in [0.15, 0.2) is 0 Å². The molecule has 0 unspecified atom stereocenters. The average Bonchev–Trinajstić information content (AvgIpc) is 2.46. The van der Waals surface area contributed by atoms with Gasteiger partial charge in [-0.2, -0.15) is 0 Å². The van der Waals surface area contributed by atoms with Gasteiger partial charge in [-0.1, -0.05) is 19.1 Å². The van der Waals surface area contributed by atoms with Crippen molar-refractivity contribution in [1.29, 1.82) is 0 Å². The van der Waals surface area contributed by atoms with Crippen LogP contribution in [0.1, 0.15) is 56.5 Å². The predicted octanol–water partition coefficient (Wildman–Crippen LogP) is 3.67. The molecule has 1 fully saturated rings. The van der Waals surface area contributed by atoms with E-state index in [1.54, 1.807) is 17.0 Å². The molecule has 0 aliphatic carbocycles. The van der Waals surface area contributed by atoms with Crippen molar-refractivity contribution in [2.75, 3.05) is 13.1 Å². The summed E-state index contributed by atoms with van der Waals surface area (Å²) in [4.78, 5) is 24.8. The number of carboxylic acids is 1. The highest BCUT2D eigenvalue weighted by molar-refractivity contribution is 5.87. The first-order valence-corrected chi connectivity index (χ1v) is 7.92. The maximum Gasteiger partial charge on any atom is 0.410 e. The maximum absolute atomic E-state index is 12.1. The van der Waals surface area contributed by atoms with Gasteiger partial charge in [0.1, 0.15) is 5.60 Å². The summed E-state index contributed by atoms with van der Waals surface area (Å²) in [5.74, 6) is -0.915. The lowest BCUT2D eigenvalue weighted by molar-refractivity contribution is 0.0171. The Hall–Kier alpha value is -2.04. The largest absolute Gasteiger partial charge is 0.478 e. The normalized spacial score (nSPS) is 17.7. The number of carbonyl (C=O) groups is 2. The number of aromatic carboxylic acids is 1. The maximum atomic E-state index is 12.1. The molecule has 5 heteroatoms. The quantitative estimate of drug-likeness (QED) is 0.903. The molecule has 1 saturated heterocycles. The summed E-state index contributed by atoms with van der Waals surface area (Å²) in [5.41, 5.74) is 0.884. The molecular weight excluding hydrogens is 294 g/mol. The number of piperidine rings is 1. The Bertz CT molecular complexity index is 578. The molecule has 1 aromatic carbocycles. The van der Waals surface area contributed by atoms with Gasteiger partial charge in [-0.15, -0.1) is 0 Å². The highest BCUT2D eigenvalue weighted by Crippen LogP contribution is 2.35. The molecule has 1 N–H and O–H groups in total. The lowest BCUT2D eigenvalue weighted by Gasteiger charge is -2.40. The van der Waals surface area contributed by atoms with E-state index in [0.29, 0.717) is 18.7 Å². The molecule has 1 aliphatic heterocycles. The fraction of sp³-hybridized carbons (Fsp3) is 0.556. The molecule has 0 radical (unpaired) electrons. The van der Waals surface area contributed by atoms with E-state index >= 15 is 0 Å². The van der Waals surface area contributed by atoms with Crippen LogP contribution in [0.4, 0.5) is 4.79 Å². The number of benzene rings is 1. The second-order valence-electron chi connectivity index (χ2n) is 7.41. The van der Waals surface area contributed by atoms with Gasteiger partial charge in [0.25, 0.3) is 0 Å². The van der Waals surface area contributed by atoms with Gasteiger partial charge in [-0.3, -0.25) is 0 Å². The minimum absolute atomic E-state index is 0.0461. The van der Waals surface area contributed by atoms with E-state index < -0.39 is 11.6 Å². The van der Waals surface area contributed by atoms with E-state index in [1.165, 1.54) is 0 Å². The predicted molar refractivity (Wildman–Crippen MR) is 87.8 cm³/mol. The monoisotopic (exact) mass is 319 g/mol. The minimum atomic E-state index is -0.915. The first kappa shape index (κ1) is 17.3. The Morgan fingerprint density at radius 1 is 1.13 bits per heavy atom. The Labute approximate surface area is 137 Å². The Kier molecular flexibility index (Phi) is 4.68. The van der Waals surface area contributed by atoms with Crippen LogP contribution in [-0.4, -0.2) is 40.8 Å². The number of carbonyl (C=O) groups excluding carboxylic acids is 1. The molecule has 126 valence electrons. The molecule has 5 nitrogen and oxygen atoms in total. The summed E-state index contributed by atoms with van der Waals surface area (Å²) in [6.07, 6.45) is 1.40. The molecule has 1 amide bonds. The summed E-state index contributed by atoms with van der Waals surface area (Å²) in [6, 6.07) is 7.05. The first-order chi connectivity index (χ1) is 10.6. The fourth-order valence-corrected chi connectivity index (χ4v) is 2.81. The van der Waals surface area contributed by atoms with Crippen LogP contribution in [0, 0.1) is 0 Å². The van der Waals surface area contributed by atoms with Crippen molar-refractivity contribution in [3.8, 4) is 0 Å². The number of amides is 1. The zero-order valence-corrected chi connectivity index (χ0v) is 14.3. The number of carboxylic acid groups (broad SMARTS) is 1. The smallest absolute Gasteiger partial charge is 0.410 e. The van der Waals surface area contributed by atoms with Gasteiger partial charge in [-0.05, 0) is 56.7 Å². The Balaban J connectivity index is 2.02. The van der Waals surface area contributed by atoms with Gasteiger partial charge >= 0.3 is 12.1 Å². The summed E-state index contributed by atoms with van der Waals surface area (Å²) < 4.78 is 5.41. The summed E-state index contributed by atoms with van der Waals surface area (Å²) >= 11 is 0. The van der Waals surface area contributed by atoms with Crippen molar-refractivity contribution in [2.45, 2.75) is 51.6 Å². The zero-order chi connectivity index (χ0) is 17.3. The van der Waals surface area contributed by atoms with Crippen molar-refractivity contribution in [1.82, 2.24) is 4.90 Å². The van der Waals surface area contributed by atoms with Crippen LogP contribution in [0.3, 0.4) is 0 Å². The summed E-state index contributed by atoms with van der Waals surface area (Å²) in [7, 11) is 0. The second kappa shape index (κ2) is 6.22. The summed E-state index contributed by atoms with van der Waals surface area (Å²) in [6.45, 7) is 9.04. The van der Waals surface area contributed by atoms with E-state index in [0.717, 1.165) is 18.4 Å². The van der Waals surface area contributed by atoms with E-state index in [-0.39, 0.29) is 11.5 Å².